The Kier molecular flexibility index (Phi) is 6.49. The molecule has 0 fully saturated rings. The van der Waals surface area contributed by atoms with Gasteiger partial charge in [-0.3, -0.25) is 4.79 Å². The van der Waals surface area contributed by atoms with Gasteiger partial charge in [-0.15, -0.1) is 0 Å². The van der Waals surface area contributed by atoms with Gasteiger partial charge in [0, 0.05) is 4.90 Å². The maximum Gasteiger partial charge on any atom is 0.325 e. The smallest absolute Gasteiger partial charge is 0.325 e. The lowest BCUT2D eigenvalue weighted by molar-refractivity contribution is -0.138. The number of aromatic nitrogens is 1. The van der Waals surface area contributed by atoms with Crippen molar-refractivity contribution in [3.05, 3.63) is 42.0 Å². The molecule has 1 aromatic carbocycles. The molecule has 1 heterocycles. The minimum Gasteiger partial charge on any atom is -0.496 e. The normalized spacial score (nSPS) is 10.5. The molecule has 0 amide bonds. The van der Waals surface area contributed by atoms with Gasteiger partial charge in [-0.05, 0) is 41.8 Å². The number of pyridine rings is 1. The number of carbonyl (C=O) groups is 1. The summed E-state index contributed by atoms with van der Waals surface area (Å²) in [5.41, 5.74) is 1.17. The number of ether oxygens (including phenoxy) is 2. The van der Waals surface area contributed by atoms with E-state index in [0.717, 1.165) is 15.7 Å². The van der Waals surface area contributed by atoms with Crippen molar-refractivity contribution in [2.45, 2.75) is 29.7 Å². The first kappa shape index (κ1) is 18.1. The third kappa shape index (κ3) is 4.89. The van der Waals surface area contributed by atoms with Crippen molar-refractivity contribution in [2.75, 3.05) is 26.1 Å². The zero-order chi connectivity index (χ0) is 17.5. The Morgan fingerprint density at radius 2 is 2.04 bits per heavy atom. The topological polar surface area (TPSA) is 60.5 Å². The first-order valence-corrected chi connectivity index (χ1v) is 8.48. The van der Waals surface area contributed by atoms with Gasteiger partial charge in [-0.1, -0.05) is 31.7 Å². The molecule has 128 valence electrons. The van der Waals surface area contributed by atoms with Crippen molar-refractivity contribution in [3.63, 3.8) is 0 Å². The highest BCUT2D eigenvalue weighted by Crippen LogP contribution is 2.34. The van der Waals surface area contributed by atoms with Crippen molar-refractivity contribution in [3.8, 4) is 5.75 Å². The maximum absolute atomic E-state index is 11.2. The van der Waals surface area contributed by atoms with Gasteiger partial charge >= 0.3 is 5.97 Å². The lowest BCUT2D eigenvalue weighted by Crippen LogP contribution is -2.15. The molecule has 0 unspecified atom stereocenters. The molecule has 24 heavy (non-hydrogen) atoms. The van der Waals surface area contributed by atoms with E-state index in [-0.39, 0.29) is 12.5 Å². The average Bonchev–Trinajstić information content (AvgIpc) is 2.59. The van der Waals surface area contributed by atoms with Gasteiger partial charge in [0.1, 0.15) is 23.1 Å². The number of methoxy groups -OCH3 is 2. The van der Waals surface area contributed by atoms with Gasteiger partial charge in [-0.25, -0.2) is 4.98 Å². The highest BCUT2D eigenvalue weighted by Gasteiger charge is 2.10. The largest absolute Gasteiger partial charge is 0.496 e. The van der Waals surface area contributed by atoms with E-state index in [4.69, 9.17) is 4.74 Å². The summed E-state index contributed by atoms with van der Waals surface area (Å²) < 4.78 is 10.0. The number of nitrogens with one attached hydrogen (secondary N) is 1. The second-order valence-corrected chi connectivity index (χ2v) is 6.55. The molecule has 0 aliphatic carbocycles. The average molecular weight is 346 g/mol. The molecule has 0 spiro atoms. The molecule has 1 N–H and O–H groups in total. The molecule has 0 radical (unpaired) electrons. The molecule has 2 aromatic rings. The van der Waals surface area contributed by atoms with Crippen LogP contribution >= 0.6 is 11.8 Å². The first-order valence-electron chi connectivity index (χ1n) is 7.67. The summed E-state index contributed by atoms with van der Waals surface area (Å²) in [5.74, 6) is 1.59. The van der Waals surface area contributed by atoms with Crippen LogP contribution in [0.4, 0.5) is 5.82 Å². The minimum atomic E-state index is -0.327. The van der Waals surface area contributed by atoms with Gasteiger partial charge in [0.25, 0.3) is 0 Å². The standard InChI is InChI=1S/C18H22N2O3S/c1-12(2)14-10-13(8-9-15(14)22-3)24-17-7-5-6-16(20-17)19-11-18(21)23-4/h5-10,12H,11H2,1-4H3,(H,19,20). The van der Waals surface area contributed by atoms with Crippen molar-refractivity contribution in [1.29, 1.82) is 0 Å². The highest BCUT2D eigenvalue weighted by atomic mass is 32.2. The Balaban J connectivity index is 2.13. The van der Waals surface area contributed by atoms with E-state index in [0.29, 0.717) is 11.7 Å². The molecule has 0 atom stereocenters. The lowest BCUT2D eigenvalue weighted by Gasteiger charge is -2.13. The van der Waals surface area contributed by atoms with Crippen LogP contribution in [-0.4, -0.2) is 31.7 Å². The van der Waals surface area contributed by atoms with Crippen LogP contribution < -0.4 is 10.1 Å². The first-order chi connectivity index (χ1) is 11.5. The van der Waals surface area contributed by atoms with Crippen LogP contribution in [0.3, 0.4) is 0 Å². The Morgan fingerprint density at radius 1 is 1.25 bits per heavy atom. The summed E-state index contributed by atoms with van der Waals surface area (Å²) in [5, 5.41) is 3.80. The quantitative estimate of drug-likeness (QED) is 0.766. The number of carbonyl (C=O) groups excluding carboxylic acids is 1. The fraction of sp³-hybridized carbons (Fsp3) is 0.333. The Bertz CT molecular complexity index is 704. The molecule has 0 bridgehead atoms. The van der Waals surface area contributed by atoms with Crippen molar-refractivity contribution >= 4 is 23.5 Å². The SMILES string of the molecule is COC(=O)CNc1cccc(Sc2ccc(OC)c(C(C)C)c2)n1. The predicted octanol–water partition coefficient (Wildman–Crippen LogP) is 3.95. The zero-order valence-electron chi connectivity index (χ0n) is 14.3. The second-order valence-electron chi connectivity index (χ2n) is 5.45. The summed E-state index contributed by atoms with van der Waals surface area (Å²) in [4.78, 5) is 16.8. The van der Waals surface area contributed by atoms with E-state index in [1.165, 1.54) is 12.7 Å². The Labute approximate surface area is 146 Å². The molecular formula is C18H22N2O3S. The number of anilines is 1. The third-order valence-corrected chi connectivity index (χ3v) is 4.34. The predicted molar refractivity (Wildman–Crippen MR) is 95.9 cm³/mol. The van der Waals surface area contributed by atoms with E-state index in [9.17, 15) is 4.79 Å². The van der Waals surface area contributed by atoms with Crippen LogP contribution in [-0.2, 0) is 9.53 Å². The maximum atomic E-state index is 11.2. The van der Waals surface area contributed by atoms with Crippen LogP contribution in [0.1, 0.15) is 25.3 Å². The lowest BCUT2D eigenvalue weighted by atomic mass is 10.0. The van der Waals surface area contributed by atoms with Gasteiger partial charge in [0.15, 0.2) is 0 Å². The van der Waals surface area contributed by atoms with Crippen molar-refractivity contribution in [2.24, 2.45) is 0 Å². The highest BCUT2D eigenvalue weighted by molar-refractivity contribution is 7.99. The van der Waals surface area contributed by atoms with E-state index < -0.39 is 0 Å². The van der Waals surface area contributed by atoms with Crippen LogP contribution in [0.15, 0.2) is 46.3 Å². The summed E-state index contributed by atoms with van der Waals surface area (Å²) in [6.07, 6.45) is 0. The second kappa shape index (κ2) is 8.59. The molecule has 6 heteroatoms. The molecule has 5 nitrogen and oxygen atoms in total. The fourth-order valence-electron chi connectivity index (χ4n) is 2.15. The summed E-state index contributed by atoms with van der Waals surface area (Å²) in [6.45, 7) is 4.38. The number of rotatable bonds is 7. The van der Waals surface area contributed by atoms with Crippen LogP contribution in [0.2, 0.25) is 0 Å². The van der Waals surface area contributed by atoms with Gasteiger partial charge in [-0.2, -0.15) is 0 Å². The van der Waals surface area contributed by atoms with Crippen LogP contribution in [0.5, 0.6) is 5.75 Å². The number of hydrogen-bond donors (Lipinski definition) is 1. The summed E-state index contributed by atoms with van der Waals surface area (Å²) in [6, 6.07) is 11.8. The van der Waals surface area contributed by atoms with Crippen molar-refractivity contribution in [1.82, 2.24) is 4.98 Å². The molecular weight excluding hydrogens is 324 g/mol. The summed E-state index contributed by atoms with van der Waals surface area (Å²) >= 11 is 1.57. The Morgan fingerprint density at radius 3 is 2.71 bits per heavy atom. The van der Waals surface area contributed by atoms with Gasteiger partial charge in [0.2, 0.25) is 0 Å². The van der Waals surface area contributed by atoms with Gasteiger partial charge < -0.3 is 14.8 Å². The van der Waals surface area contributed by atoms with E-state index in [1.807, 2.05) is 30.3 Å². The number of esters is 1. The molecule has 0 aliphatic rings. The summed E-state index contributed by atoms with van der Waals surface area (Å²) in [7, 11) is 3.05. The Hall–Kier alpha value is -2.21. The molecule has 1 aromatic heterocycles. The van der Waals surface area contributed by atoms with E-state index >= 15 is 0 Å². The molecule has 0 aliphatic heterocycles. The molecule has 0 saturated carbocycles. The van der Waals surface area contributed by atoms with Crippen molar-refractivity contribution < 1.29 is 14.3 Å². The minimum absolute atomic E-state index is 0.0949. The van der Waals surface area contributed by atoms with Gasteiger partial charge in [0.05, 0.1) is 14.2 Å². The number of nitrogens with zero attached hydrogens (tertiary/aromatic N) is 1. The van der Waals surface area contributed by atoms with Crippen LogP contribution in [0.25, 0.3) is 0 Å². The third-order valence-electron chi connectivity index (χ3n) is 3.41. The monoisotopic (exact) mass is 346 g/mol. The number of benzene rings is 1. The molecule has 2 rings (SSSR count). The van der Waals surface area contributed by atoms with Crippen LogP contribution in [0, 0.1) is 0 Å². The van der Waals surface area contributed by atoms with E-state index in [2.05, 4.69) is 35.0 Å². The zero-order valence-corrected chi connectivity index (χ0v) is 15.1. The molecule has 0 saturated heterocycles. The van der Waals surface area contributed by atoms with E-state index in [1.54, 1.807) is 18.9 Å². The fourth-order valence-corrected chi connectivity index (χ4v) is 3.01. The number of hydrogen-bond acceptors (Lipinski definition) is 6.